The van der Waals surface area contributed by atoms with Gasteiger partial charge in [-0.15, -0.1) is 11.8 Å². The highest BCUT2D eigenvalue weighted by Gasteiger charge is 2.21. The molecule has 1 unspecified atom stereocenters. The zero-order valence-electron chi connectivity index (χ0n) is 11.6. The lowest BCUT2D eigenvalue weighted by atomic mass is 10.3. The van der Waals surface area contributed by atoms with Gasteiger partial charge in [-0.3, -0.25) is 9.59 Å². The predicted molar refractivity (Wildman–Crippen MR) is 75.1 cm³/mol. The standard InChI is InChI=1S/C12H22N2O4S/c1-4-5-6-13-11(16)8(2)19-7-10(12(17)18)14-9(3)15/h8,10H,4-7H2,1-3H3,(H,13,16)(H,14,15)(H,17,18)/t8?,10-/m0/s1. The first kappa shape index (κ1) is 17.8. The van der Waals surface area contributed by atoms with E-state index in [1.54, 1.807) is 6.92 Å². The highest BCUT2D eigenvalue weighted by atomic mass is 32.2. The van der Waals surface area contributed by atoms with Crippen LogP contribution < -0.4 is 10.6 Å². The maximum absolute atomic E-state index is 11.7. The second kappa shape index (κ2) is 9.66. The second-order valence-corrected chi connectivity index (χ2v) is 5.59. The maximum atomic E-state index is 11.7. The Kier molecular flexibility index (Phi) is 9.03. The summed E-state index contributed by atoms with van der Waals surface area (Å²) in [5, 5.41) is 13.7. The molecule has 7 heteroatoms. The number of hydrogen-bond donors (Lipinski definition) is 3. The van der Waals surface area contributed by atoms with Crippen molar-refractivity contribution in [3.05, 3.63) is 0 Å². The molecule has 0 saturated carbocycles. The quantitative estimate of drug-likeness (QED) is 0.541. The fraction of sp³-hybridized carbons (Fsp3) is 0.750. The summed E-state index contributed by atoms with van der Waals surface area (Å²) in [4.78, 5) is 33.4. The molecule has 2 amide bonds. The summed E-state index contributed by atoms with van der Waals surface area (Å²) in [6.07, 6.45) is 1.93. The van der Waals surface area contributed by atoms with Crippen LogP contribution in [0.5, 0.6) is 0 Å². The Labute approximate surface area is 117 Å². The van der Waals surface area contributed by atoms with Crippen LogP contribution in [0.2, 0.25) is 0 Å². The number of carboxylic acids is 1. The third kappa shape index (κ3) is 8.47. The van der Waals surface area contributed by atoms with E-state index in [1.165, 1.54) is 18.7 Å². The number of hydrogen-bond acceptors (Lipinski definition) is 4. The van der Waals surface area contributed by atoms with E-state index in [0.29, 0.717) is 6.54 Å². The van der Waals surface area contributed by atoms with Crippen LogP contribution >= 0.6 is 11.8 Å². The molecule has 0 aromatic carbocycles. The molecule has 0 aliphatic rings. The monoisotopic (exact) mass is 290 g/mol. The summed E-state index contributed by atoms with van der Waals surface area (Å²) in [6.45, 7) is 5.66. The third-order valence-electron chi connectivity index (χ3n) is 2.39. The number of nitrogens with one attached hydrogen (secondary N) is 2. The van der Waals surface area contributed by atoms with E-state index in [0.717, 1.165) is 12.8 Å². The van der Waals surface area contributed by atoms with Crippen molar-refractivity contribution >= 4 is 29.5 Å². The van der Waals surface area contributed by atoms with E-state index in [1.807, 2.05) is 6.92 Å². The van der Waals surface area contributed by atoms with Crippen LogP contribution in [0, 0.1) is 0 Å². The normalized spacial score (nSPS) is 13.4. The fourth-order valence-corrected chi connectivity index (χ4v) is 2.21. The number of carbonyl (C=O) groups excluding carboxylic acids is 2. The Morgan fingerprint density at radius 1 is 1.32 bits per heavy atom. The van der Waals surface area contributed by atoms with Crippen molar-refractivity contribution in [2.75, 3.05) is 12.3 Å². The lowest BCUT2D eigenvalue weighted by Crippen LogP contribution is -2.42. The second-order valence-electron chi connectivity index (χ2n) is 4.21. The van der Waals surface area contributed by atoms with Crippen LogP contribution in [0.25, 0.3) is 0 Å². The van der Waals surface area contributed by atoms with E-state index < -0.39 is 17.9 Å². The van der Waals surface area contributed by atoms with E-state index in [-0.39, 0.29) is 16.9 Å². The summed E-state index contributed by atoms with van der Waals surface area (Å²) in [5.74, 6) is -1.43. The molecule has 110 valence electrons. The zero-order chi connectivity index (χ0) is 14.8. The molecule has 0 aliphatic carbocycles. The van der Waals surface area contributed by atoms with Gasteiger partial charge in [0.1, 0.15) is 6.04 Å². The van der Waals surface area contributed by atoms with Gasteiger partial charge in [0.25, 0.3) is 0 Å². The molecule has 6 nitrogen and oxygen atoms in total. The SMILES string of the molecule is CCCCNC(=O)C(C)SC[C@H](NC(C)=O)C(=O)O. The van der Waals surface area contributed by atoms with Gasteiger partial charge in [-0.05, 0) is 13.3 Å². The van der Waals surface area contributed by atoms with Crippen LogP contribution in [0.1, 0.15) is 33.6 Å². The van der Waals surface area contributed by atoms with Gasteiger partial charge in [-0.25, -0.2) is 4.79 Å². The van der Waals surface area contributed by atoms with Gasteiger partial charge in [-0.2, -0.15) is 0 Å². The zero-order valence-corrected chi connectivity index (χ0v) is 12.4. The van der Waals surface area contributed by atoms with Crippen LogP contribution in [-0.2, 0) is 14.4 Å². The Morgan fingerprint density at radius 2 is 1.95 bits per heavy atom. The summed E-state index contributed by atoms with van der Waals surface area (Å²) in [6, 6.07) is -0.964. The van der Waals surface area contributed by atoms with E-state index >= 15 is 0 Å². The maximum Gasteiger partial charge on any atom is 0.327 e. The number of carboxylic acid groups (broad SMARTS) is 1. The molecular weight excluding hydrogens is 268 g/mol. The number of thioether (sulfide) groups is 1. The van der Waals surface area contributed by atoms with Crippen LogP contribution in [0.3, 0.4) is 0 Å². The lowest BCUT2D eigenvalue weighted by molar-refractivity contribution is -0.140. The fourth-order valence-electron chi connectivity index (χ4n) is 1.27. The first-order valence-corrected chi connectivity index (χ1v) is 7.32. The minimum Gasteiger partial charge on any atom is -0.480 e. The van der Waals surface area contributed by atoms with E-state index in [9.17, 15) is 14.4 Å². The summed E-state index contributed by atoms with van der Waals surface area (Å²) >= 11 is 1.21. The van der Waals surface area contributed by atoms with Crippen molar-refractivity contribution in [1.82, 2.24) is 10.6 Å². The molecule has 0 bridgehead atoms. The third-order valence-corrected chi connectivity index (χ3v) is 3.63. The molecule has 3 N–H and O–H groups in total. The molecule has 0 radical (unpaired) electrons. The van der Waals surface area contributed by atoms with Crippen molar-refractivity contribution in [3.8, 4) is 0 Å². The van der Waals surface area contributed by atoms with Gasteiger partial charge >= 0.3 is 5.97 Å². The Hall–Kier alpha value is -1.24. The van der Waals surface area contributed by atoms with Crippen molar-refractivity contribution in [2.24, 2.45) is 0 Å². The van der Waals surface area contributed by atoms with Gasteiger partial charge in [0.05, 0.1) is 5.25 Å². The molecule has 0 spiro atoms. The van der Waals surface area contributed by atoms with Crippen LogP contribution in [0.15, 0.2) is 0 Å². The topological polar surface area (TPSA) is 95.5 Å². The Morgan fingerprint density at radius 3 is 2.42 bits per heavy atom. The number of amides is 2. The van der Waals surface area contributed by atoms with Gasteiger partial charge in [0.2, 0.25) is 11.8 Å². The average molecular weight is 290 g/mol. The van der Waals surface area contributed by atoms with E-state index in [4.69, 9.17) is 5.11 Å². The summed E-state index contributed by atoms with van der Waals surface area (Å²) in [5.41, 5.74) is 0. The summed E-state index contributed by atoms with van der Waals surface area (Å²) < 4.78 is 0. The Bertz CT molecular complexity index is 323. The molecule has 0 aromatic heterocycles. The van der Waals surface area contributed by atoms with E-state index in [2.05, 4.69) is 10.6 Å². The lowest BCUT2D eigenvalue weighted by Gasteiger charge is -2.16. The molecule has 19 heavy (non-hydrogen) atoms. The number of carbonyl (C=O) groups is 3. The minimum absolute atomic E-state index is 0.106. The van der Waals surface area contributed by atoms with Crippen molar-refractivity contribution < 1.29 is 19.5 Å². The van der Waals surface area contributed by atoms with Gasteiger partial charge in [-0.1, -0.05) is 13.3 Å². The molecule has 0 rings (SSSR count). The smallest absolute Gasteiger partial charge is 0.327 e. The Balaban J connectivity index is 4.09. The molecular formula is C12H22N2O4S. The van der Waals surface area contributed by atoms with Crippen molar-refractivity contribution in [2.45, 2.75) is 44.9 Å². The minimum atomic E-state index is -1.10. The molecule has 0 heterocycles. The van der Waals surface area contributed by atoms with Gasteiger partial charge in [0.15, 0.2) is 0 Å². The number of aliphatic carboxylic acids is 1. The van der Waals surface area contributed by atoms with Crippen LogP contribution in [-0.4, -0.2) is 46.5 Å². The average Bonchev–Trinajstić information content (AvgIpc) is 2.33. The first-order chi connectivity index (χ1) is 8.88. The number of rotatable bonds is 9. The van der Waals surface area contributed by atoms with Gasteiger partial charge < -0.3 is 15.7 Å². The summed E-state index contributed by atoms with van der Waals surface area (Å²) in [7, 11) is 0. The predicted octanol–water partition coefficient (Wildman–Crippen LogP) is 0.614. The molecule has 2 atom stereocenters. The molecule has 0 fully saturated rings. The van der Waals surface area contributed by atoms with Gasteiger partial charge in [0, 0.05) is 19.2 Å². The number of unbranched alkanes of at least 4 members (excludes halogenated alkanes) is 1. The van der Waals surface area contributed by atoms with Crippen molar-refractivity contribution in [3.63, 3.8) is 0 Å². The highest BCUT2D eigenvalue weighted by Crippen LogP contribution is 2.12. The molecule has 0 aromatic rings. The highest BCUT2D eigenvalue weighted by molar-refractivity contribution is 8.00. The van der Waals surface area contributed by atoms with Crippen LogP contribution in [0.4, 0.5) is 0 Å². The first-order valence-electron chi connectivity index (χ1n) is 6.27. The van der Waals surface area contributed by atoms with Crippen molar-refractivity contribution in [1.29, 1.82) is 0 Å². The molecule has 0 saturated heterocycles. The molecule has 0 aliphatic heterocycles. The largest absolute Gasteiger partial charge is 0.480 e.